The zero-order valence-electron chi connectivity index (χ0n) is 10.7. The number of pyridine rings is 1. The molecular formula is C13H12N4O2S. The van der Waals surface area contributed by atoms with Crippen molar-refractivity contribution in [2.45, 2.75) is 11.8 Å². The van der Waals surface area contributed by atoms with Crippen LogP contribution < -0.4 is 10.5 Å². The maximum absolute atomic E-state index is 12.3. The minimum absolute atomic E-state index is 0.104. The second-order valence-corrected chi connectivity index (χ2v) is 5.81. The van der Waals surface area contributed by atoms with Gasteiger partial charge in [-0.15, -0.1) is 0 Å². The lowest BCUT2D eigenvalue weighted by molar-refractivity contribution is 0.600. The zero-order chi connectivity index (χ0) is 14.8. The van der Waals surface area contributed by atoms with Crippen LogP contribution in [-0.2, 0) is 10.0 Å². The third kappa shape index (κ3) is 2.70. The molecule has 0 unspecified atom stereocenters. The molecule has 1 aromatic carbocycles. The van der Waals surface area contributed by atoms with Gasteiger partial charge in [-0.05, 0) is 36.8 Å². The number of benzene rings is 1. The maximum Gasteiger partial charge on any atom is 0.262 e. The molecule has 0 spiro atoms. The molecule has 0 amide bonds. The van der Waals surface area contributed by atoms with Crippen LogP contribution in [0.4, 0.5) is 11.4 Å². The number of aromatic nitrogens is 1. The normalized spacial score (nSPS) is 10.8. The van der Waals surface area contributed by atoms with Crippen molar-refractivity contribution in [2.24, 2.45) is 0 Å². The van der Waals surface area contributed by atoms with E-state index in [0.29, 0.717) is 11.1 Å². The summed E-state index contributed by atoms with van der Waals surface area (Å²) in [6, 6.07) is 7.81. The average Bonchev–Trinajstić information content (AvgIpc) is 2.40. The maximum atomic E-state index is 12.3. The SMILES string of the molecule is Cc1cc(C#N)ccc1S(=O)(=O)Nc1ccncc1N. The first-order valence-corrected chi connectivity index (χ1v) is 7.15. The molecule has 0 atom stereocenters. The summed E-state index contributed by atoms with van der Waals surface area (Å²) in [5.74, 6) is 0. The molecule has 0 aliphatic heterocycles. The summed E-state index contributed by atoms with van der Waals surface area (Å²) in [4.78, 5) is 3.90. The highest BCUT2D eigenvalue weighted by molar-refractivity contribution is 7.92. The Hall–Kier alpha value is -2.59. The largest absolute Gasteiger partial charge is 0.396 e. The summed E-state index contributed by atoms with van der Waals surface area (Å²) in [5, 5.41) is 8.79. The van der Waals surface area contributed by atoms with Crippen LogP contribution >= 0.6 is 0 Å². The quantitative estimate of drug-likeness (QED) is 0.892. The number of hydrogen-bond donors (Lipinski definition) is 2. The fraction of sp³-hybridized carbons (Fsp3) is 0.0769. The van der Waals surface area contributed by atoms with Crippen LogP contribution in [-0.4, -0.2) is 13.4 Å². The Bertz CT molecular complexity index is 794. The fourth-order valence-corrected chi connectivity index (χ4v) is 3.04. The fourth-order valence-electron chi connectivity index (χ4n) is 1.72. The van der Waals surface area contributed by atoms with Crippen molar-refractivity contribution >= 4 is 21.4 Å². The number of nitrogen functional groups attached to an aromatic ring is 1. The van der Waals surface area contributed by atoms with Crippen LogP contribution in [0.25, 0.3) is 0 Å². The van der Waals surface area contributed by atoms with E-state index in [2.05, 4.69) is 9.71 Å². The van der Waals surface area contributed by atoms with Gasteiger partial charge in [0, 0.05) is 6.20 Å². The monoisotopic (exact) mass is 288 g/mol. The number of aryl methyl sites for hydroxylation is 1. The number of nitrogens with two attached hydrogens (primary N) is 1. The summed E-state index contributed by atoms with van der Waals surface area (Å²) in [7, 11) is -3.76. The van der Waals surface area contributed by atoms with Crippen molar-refractivity contribution in [3.63, 3.8) is 0 Å². The molecule has 20 heavy (non-hydrogen) atoms. The number of anilines is 2. The van der Waals surface area contributed by atoms with Gasteiger partial charge in [-0.1, -0.05) is 0 Å². The van der Waals surface area contributed by atoms with Gasteiger partial charge in [-0.3, -0.25) is 9.71 Å². The molecule has 0 bridgehead atoms. The van der Waals surface area contributed by atoms with Crippen molar-refractivity contribution in [3.8, 4) is 6.07 Å². The van der Waals surface area contributed by atoms with Gasteiger partial charge in [0.05, 0.1) is 34.1 Å². The highest BCUT2D eigenvalue weighted by Gasteiger charge is 2.18. The summed E-state index contributed by atoms with van der Waals surface area (Å²) in [6.07, 6.45) is 2.81. The van der Waals surface area contributed by atoms with Crippen molar-refractivity contribution in [2.75, 3.05) is 10.5 Å². The van der Waals surface area contributed by atoms with E-state index in [9.17, 15) is 8.42 Å². The highest BCUT2D eigenvalue weighted by atomic mass is 32.2. The molecule has 2 rings (SSSR count). The molecule has 0 radical (unpaired) electrons. The molecule has 1 aromatic heterocycles. The third-order valence-corrected chi connectivity index (χ3v) is 4.22. The van der Waals surface area contributed by atoms with Gasteiger partial charge >= 0.3 is 0 Å². The molecule has 7 heteroatoms. The smallest absolute Gasteiger partial charge is 0.262 e. The molecule has 0 fully saturated rings. The van der Waals surface area contributed by atoms with Crippen LogP contribution in [0.3, 0.4) is 0 Å². The summed E-state index contributed by atoms with van der Waals surface area (Å²) in [6.45, 7) is 1.63. The third-order valence-electron chi connectivity index (χ3n) is 2.69. The summed E-state index contributed by atoms with van der Waals surface area (Å²) < 4.78 is 27.0. The van der Waals surface area contributed by atoms with Crippen molar-refractivity contribution in [1.29, 1.82) is 5.26 Å². The second kappa shape index (κ2) is 5.19. The molecule has 0 saturated carbocycles. The van der Waals surface area contributed by atoms with Crippen LogP contribution in [0.5, 0.6) is 0 Å². The van der Waals surface area contributed by atoms with Gasteiger partial charge in [0.1, 0.15) is 0 Å². The molecule has 0 aliphatic rings. The Morgan fingerprint density at radius 3 is 2.70 bits per heavy atom. The predicted molar refractivity (Wildman–Crippen MR) is 75.4 cm³/mol. The molecule has 1 heterocycles. The first kappa shape index (κ1) is 13.8. The lowest BCUT2D eigenvalue weighted by Gasteiger charge is -2.11. The predicted octanol–water partition coefficient (Wildman–Crippen LogP) is 1.64. The van der Waals surface area contributed by atoms with E-state index in [-0.39, 0.29) is 16.3 Å². The van der Waals surface area contributed by atoms with Crippen molar-refractivity contribution in [3.05, 3.63) is 47.8 Å². The molecule has 3 N–H and O–H groups in total. The number of rotatable bonds is 3. The molecule has 2 aromatic rings. The van der Waals surface area contributed by atoms with Crippen LogP contribution in [0.15, 0.2) is 41.6 Å². The Labute approximate surface area is 116 Å². The number of nitrogens with zero attached hydrogens (tertiary/aromatic N) is 2. The van der Waals surface area contributed by atoms with Gasteiger partial charge < -0.3 is 5.73 Å². The first-order valence-electron chi connectivity index (χ1n) is 5.67. The lowest BCUT2D eigenvalue weighted by atomic mass is 10.2. The van der Waals surface area contributed by atoms with Gasteiger partial charge in [-0.25, -0.2) is 8.42 Å². The van der Waals surface area contributed by atoms with E-state index in [1.54, 1.807) is 6.92 Å². The van der Waals surface area contributed by atoms with E-state index in [0.717, 1.165) is 0 Å². The summed E-state index contributed by atoms with van der Waals surface area (Å²) >= 11 is 0. The van der Waals surface area contributed by atoms with Gasteiger partial charge in [0.25, 0.3) is 10.0 Å². The first-order chi connectivity index (χ1) is 9.44. The second-order valence-electron chi connectivity index (χ2n) is 4.16. The standard InChI is InChI=1S/C13H12N4O2S/c1-9-6-10(7-14)2-3-13(9)20(18,19)17-12-4-5-16-8-11(12)15/h2-6,8H,15H2,1H3,(H,16,17). The van der Waals surface area contributed by atoms with E-state index in [1.165, 1.54) is 36.7 Å². The number of nitriles is 1. The topological polar surface area (TPSA) is 109 Å². The van der Waals surface area contributed by atoms with Gasteiger partial charge in [-0.2, -0.15) is 5.26 Å². The van der Waals surface area contributed by atoms with Gasteiger partial charge in [0.2, 0.25) is 0 Å². The Morgan fingerprint density at radius 2 is 2.10 bits per heavy atom. The molecule has 6 nitrogen and oxygen atoms in total. The Kier molecular flexibility index (Phi) is 3.59. The molecule has 0 saturated heterocycles. The average molecular weight is 288 g/mol. The summed E-state index contributed by atoms with van der Waals surface area (Å²) in [5.41, 5.74) is 7.06. The molecular weight excluding hydrogens is 276 g/mol. The highest BCUT2D eigenvalue weighted by Crippen LogP contribution is 2.23. The van der Waals surface area contributed by atoms with Crippen molar-refractivity contribution in [1.82, 2.24) is 4.98 Å². The minimum atomic E-state index is -3.76. The lowest BCUT2D eigenvalue weighted by Crippen LogP contribution is -2.15. The van der Waals surface area contributed by atoms with E-state index in [4.69, 9.17) is 11.0 Å². The van der Waals surface area contributed by atoms with Crippen LogP contribution in [0, 0.1) is 18.3 Å². The van der Waals surface area contributed by atoms with Gasteiger partial charge in [0.15, 0.2) is 0 Å². The van der Waals surface area contributed by atoms with E-state index >= 15 is 0 Å². The van der Waals surface area contributed by atoms with E-state index in [1.807, 2.05) is 6.07 Å². The number of hydrogen-bond acceptors (Lipinski definition) is 5. The minimum Gasteiger partial charge on any atom is -0.396 e. The van der Waals surface area contributed by atoms with Crippen LogP contribution in [0.2, 0.25) is 0 Å². The molecule has 0 aliphatic carbocycles. The molecule has 102 valence electrons. The van der Waals surface area contributed by atoms with E-state index < -0.39 is 10.0 Å². The zero-order valence-corrected chi connectivity index (χ0v) is 11.5. The Balaban J connectivity index is 2.42. The van der Waals surface area contributed by atoms with Crippen LogP contribution in [0.1, 0.15) is 11.1 Å². The Morgan fingerprint density at radius 1 is 1.35 bits per heavy atom. The number of nitrogens with one attached hydrogen (secondary N) is 1. The number of sulfonamides is 1. The van der Waals surface area contributed by atoms with Crippen molar-refractivity contribution < 1.29 is 8.42 Å².